The lowest BCUT2D eigenvalue weighted by Gasteiger charge is -2.35. The van der Waals surface area contributed by atoms with Gasteiger partial charge in [-0.2, -0.15) is 5.10 Å². The standard InChI is InChI=1S/C15H25N3O/c1-18-13(7-10-17-18)5-6-14(19)11-15(12-16)8-3-2-4-9-15/h7,10H,2-6,8-9,11-12,16H2,1H3. The Labute approximate surface area is 115 Å². The van der Waals surface area contributed by atoms with Crippen LogP contribution >= 0.6 is 0 Å². The van der Waals surface area contributed by atoms with Crippen LogP contribution in [-0.2, 0) is 18.3 Å². The molecule has 19 heavy (non-hydrogen) atoms. The fourth-order valence-corrected chi connectivity index (χ4v) is 3.18. The van der Waals surface area contributed by atoms with Crippen LogP contribution in [0.1, 0.15) is 50.6 Å². The second kappa shape index (κ2) is 6.33. The molecule has 0 spiro atoms. The van der Waals surface area contributed by atoms with Gasteiger partial charge >= 0.3 is 0 Å². The molecule has 1 aliphatic carbocycles. The van der Waals surface area contributed by atoms with Crippen LogP contribution in [0, 0.1) is 5.41 Å². The molecular formula is C15H25N3O. The van der Waals surface area contributed by atoms with Gasteiger partial charge in [-0.3, -0.25) is 9.48 Å². The molecule has 2 rings (SSSR count). The number of carbonyl (C=O) groups excluding carboxylic acids is 1. The van der Waals surface area contributed by atoms with Crippen LogP contribution in [0.2, 0.25) is 0 Å². The van der Waals surface area contributed by atoms with Crippen molar-refractivity contribution < 1.29 is 4.79 Å². The zero-order valence-corrected chi connectivity index (χ0v) is 11.9. The molecule has 0 aromatic carbocycles. The van der Waals surface area contributed by atoms with Crippen molar-refractivity contribution in [1.82, 2.24) is 9.78 Å². The van der Waals surface area contributed by atoms with E-state index >= 15 is 0 Å². The molecule has 1 aromatic rings. The zero-order valence-electron chi connectivity index (χ0n) is 11.9. The normalized spacial score (nSPS) is 18.4. The monoisotopic (exact) mass is 263 g/mol. The molecule has 0 bridgehead atoms. The zero-order chi connectivity index (χ0) is 13.7. The summed E-state index contributed by atoms with van der Waals surface area (Å²) in [5.74, 6) is 0.355. The van der Waals surface area contributed by atoms with Gasteiger partial charge < -0.3 is 5.73 Å². The van der Waals surface area contributed by atoms with Gasteiger partial charge in [0.25, 0.3) is 0 Å². The molecule has 1 fully saturated rings. The summed E-state index contributed by atoms with van der Waals surface area (Å²) in [5, 5.41) is 4.13. The van der Waals surface area contributed by atoms with E-state index in [2.05, 4.69) is 5.10 Å². The van der Waals surface area contributed by atoms with Gasteiger partial charge in [-0.15, -0.1) is 0 Å². The number of nitrogens with zero attached hydrogens (tertiary/aromatic N) is 2. The first-order valence-electron chi connectivity index (χ1n) is 7.34. The minimum atomic E-state index is 0.0990. The highest BCUT2D eigenvalue weighted by Crippen LogP contribution is 2.38. The smallest absolute Gasteiger partial charge is 0.133 e. The molecule has 106 valence electrons. The quantitative estimate of drug-likeness (QED) is 0.856. The van der Waals surface area contributed by atoms with Crippen molar-refractivity contribution >= 4 is 5.78 Å². The number of aryl methyl sites for hydroxylation is 2. The number of carbonyl (C=O) groups is 1. The van der Waals surface area contributed by atoms with Gasteiger partial charge in [0.2, 0.25) is 0 Å². The number of aromatic nitrogens is 2. The molecule has 0 saturated heterocycles. The Balaban J connectivity index is 1.84. The lowest BCUT2D eigenvalue weighted by Crippen LogP contribution is -2.35. The average molecular weight is 263 g/mol. The van der Waals surface area contributed by atoms with Crippen LogP contribution < -0.4 is 5.73 Å². The highest BCUT2D eigenvalue weighted by Gasteiger charge is 2.32. The van der Waals surface area contributed by atoms with E-state index in [0.29, 0.717) is 25.2 Å². The average Bonchev–Trinajstić information content (AvgIpc) is 2.83. The molecule has 4 heteroatoms. The number of ketones is 1. The molecule has 0 aliphatic heterocycles. The van der Waals surface area contributed by atoms with Crippen molar-refractivity contribution in [3.63, 3.8) is 0 Å². The summed E-state index contributed by atoms with van der Waals surface area (Å²) < 4.78 is 1.84. The van der Waals surface area contributed by atoms with Crippen LogP contribution in [-0.4, -0.2) is 22.1 Å². The number of Topliss-reactive ketones (excluding diaryl/α,β-unsaturated/α-hetero) is 1. The Morgan fingerprint density at radius 2 is 2.16 bits per heavy atom. The number of hydrogen-bond acceptors (Lipinski definition) is 3. The van der Waals surface area contributed by atoms with Crippen molar-refractivity contribution in [2.45, 2.75) is 51.4 Å². The Morgan fingerprint density at radius 3 is 2.74 bits per heavy atom. The summed E-state index contributed by atoms with van der Waals surface area (Å²) in [7, 11) is 1.92. The third-order valence-corrected chi connectivity index (χ3v) is 4.50. The molecule has 1 saturated carbocycles. The largest absolute Gasteiger partial charge is 0.330 e. The minimum absolute atomic E-state index is 0.0990. The molecule has 0 atom stereocenters. The van der Waals surface area contributed by atoms with Crippen molar-refractivity contribution in [3.8, 4) is 0 Å². The van der Waals surface area contributed by atoms with E-state index in [9.17, 15) is 4.79 Å². The van der Waals surface area contributed by atoms with Crippen LogP contribution in [0.3, 0.4) is 0 Å². The topological polar surface area (TPSA) is 60.9 Å². The Bertz CT molecular complexity index is 419. The van der Waals surface area contributed by atoms with Gasteiger partial charge in [-0.25, -0.2) is 0 Å². The van der Waals surface area contributed by atoms with Gasteiger partial charge in [0.1, 0.15) is 5.78 Å². The maximum absolute atomic E-state index is 12.2. The molecule has 1 aliphatic rings. The van der Waals surface area contributed by atoms with Crippen molar-refractivity contribution in [2.24, 2.45) is 18.2 Å². The SMILES string of the molecule is Cn1nccc1CCC(=O)CC1(CN)CCCCC1. The Hall–Kier alpha value is -1.16. The van der Waals surface area contributed by atoms with E-state index in [4.69, 9.17) is 5.73 Å². The summed E-state index contributed by atoms with van der Waals surface area (Å²) >= 11 is 0. The van der Waals surface area contributed by atoms with Gasteiger partial charge in [0.15, 0.2) is 0 Å². The molecule has 2 N–H and O–H groups in total. The van der Waals surface area contributed by atoms with Crippen LogP contribution in [0.5, 0.6) is 0 Å². The third-order valence-electron chi connectivity index (χ3n) is 4.50. The first kappa shape index (κ1) is 14.3. The summed E-state index contributed by atoms with van der Waals surface area (Å²) in [4.78, 5) is 12.2. The number of nitrogens with two attached hydrogens (primary N) is 1. The Kier molecular flexibility index (Phi) is 4.75. The number of hydrogen-bond donors (Lipinski definition) is 1. The van der Waals surface area contributed by atoms with Crippen molar-refractivity contribution in [1.29, 1.82) is 0 Å². The molecule has 1 aromatic heterocycles. The maximum atomic E-state index is 12.2. The summed E-state index contributed by atoms with van der Waals surface area (Å²) in [6.45, 7) is 0.657. The van der Waals surface area contributed by atoms with E-state index in [1.54, 1.807) is 6.20 Å². The second-order valence-electron chi connectivity index (χ2n) is 5.93. The lowest BCUT2D eigenvalue weighted by molar-refractivity contribution is -0.121. The highest BCUT2D eigenvalue weighted by molar-refractivity contribution is 5.79. The molecule has 0 unspecified atom stereocenters. The van der Waals surface area contributed by atoms with E-state index in [1.807, 2.05) is 17.8 Å². The minimum Gasteiger partial charge on any atom is -0.330 e. The summed E-state index contributed by atoms with van der Waals surface area (Å²) in [6, 6.07) is 1.98. The lowest BCUT2D eigenvalue weighted by atomic mass is 9.70. The fourth-order valence-electron chi connectivity index (χ4n) is 3.18. The Morgan fingerprint density at radius 1 is 1.42 bits per heavy atom. The van der Waals surface area contributed by atoms with Crippen molar-refractivity contribution in [3.05, 3.63) is 18.0 Å². The number of rotatable bonds is 6. The molecule has 0 radical (unpaired) electrons. The van der Waals surface area contributed by atoms with Gasteiger partial charge in [0, 0.05) is 31.8 Å². The van der Waals surface area contributed by atoms with E-state index < -0.39 is 0 Å². The molecule has 0 amide bonds. The first-order valence-corrected chi connectivity index (χ1v) is 7.34. The predicted octanol–water partition coefficient (Wildman–Crippen LogP) is 2.22. The summed E-state index contributed by atoms with van der Waals surface area (Å²) in [5.41, 5.74) is 7.16. The van der Waals surface area contributed by atoms with E-state index in [-0.39, 0.29) is 5.41 Å². The molecular weight excluding hydrogens is 238 g/mol. The van der Waals surface area contributed by atoms with Crippen LogP contribution in [0.4, 0.5) is 0 Å². The fraction of sp³-hybridized carbons (Fsp3) is 0.733. The molecule has 4 nitrogen and oxygen atoms in total. The molecule has 1 heterocycles. The maximum Gasteiger partial charge on any atom is 0.133 e. The van der Waals surface area contributed by atoms with Gasteiger partial charge in [-0.1, -0.05) is 19.3 Å². The second-order valence-corrected chi connectivity index (χ2v) is 5.93. The first-order chi connectivity index (χ1) is 9.15. The van der Waals surface area contributed by atoms with Crippen molar-refractivity contribution in [2.75, 3.05) is 6.54 Å². The van der Waals surface area contributed by atoms with Crippen LogP contribution in [0.15, 0.2) is 12.3 Å². The predicted molar refractivity (Wildman–Crippen MR) is 75.7 cm³/mol. The van der Waals surface area contributed by atoms with E-state index in [0.717, 1.165) is 25.0 Å². The highest BCUT2D eigenvalue weighted by atomic mass is 16.1. The van der Waals surface area contributed by atoms with Gasteiger partial charge in [0.05, 0.1) is 0 Å². The van der Waals surface area contributed by atoms with E-state index in [1.165, 1.54) is 19.3 Å². The summed E-state index contributed by atoms with van der Waals surface area (Å²) in [6.07, 6.45) is 9.85. The van der Waals surface area contributed by atoms with Crippen LogP contribution in [0.25, 0.3) is 0 Å². The van der Waals surface area contributed by atoms with Gasteiger partial charge in [-0.05, 0) is 37.3 Å². The third kappa shape index (κ3) is 3.66.